The predicted octanol–water partition coefficient (Wildman–Crippen LogP) is 3.93. The normalized spacial score (nSPS) is 10.7. The van der Waals surface area contributed by atoms with E-state index in [1.54, 1.807) is 0 Å². The number of aromatic nitrogens is 1. The van der Waals surface area contributed by atoms with Gasteiger partial charge in [0.1, 0.15) is 5.69 Å². The first-order valence-electron chi connectivity index (χ1n) is 6.47. The summed E-state index contributed by atoms with van der Waals surface area (Å²) < 4.78 is 4.88. The van der Waals surface area contributed by atoms with Crippen LogP contribution in [0, 0.1) is 6.92 Å². The van der Waals surface area contributed by atoms with Gasteiger partial charge in [0.05, 0.1) is 7.11 Å². The summed E-state index contributed by atoms with van der Waals surface area (Å²) in [6.07, 6.45) is 0. The second kappa shape index (κ2) is 4.85. The minimum absolute atomic E-state index is 0.350. The van der Waals surface area contributed by atoms with E-state index in [4.69, 9.17) is 4.74 Å². The molecule has 0 aliphatic carbocycles. The Balaban J connectivity index is 2.31. The third-order valence-corrected chi connectivity index (χ3v) is 3.44. The van der Waals surface area contributed by atoms with E-state index < -0.39 is 0 Å². The van der Waals surface area contributed by atoms with E-state index in [2.05, 4.69) is 4.98 Å². The second-order valence-electron chi connectivity index (χ2n) is 4.78. The van der Waals surface area contributed by atoms with Crippen LogP contribution in [0.15, 0.2) is 48.5 Å². The zero-order chi connectivity index (χ0) is 14.1. The van der Waals surface area contributed by atoms with Crippen molar-refractivity contribution in [2.75, 3.05) is 7.11 Å². The van der Waals surface area contributed by atoms with Crippen molar-refractivity contribution in [2.45, 2.75) is 6.92 Å². The molecule has 3 heteroatoms. The van der Waals surface area contributed by atoms with Gasteiger partial charge in [-0.2, -0.15) is 0 Å². The van der Waals surface area contributed by atoms with E-state index in [-0.39, 0.29) is 5.97 Å². The molecule has 0 saturated heterocycles. The van der Waals surface area contributed by atoms with Gasteiger partial charge in [0.2, 0.25) is 0 Å². The zero-order valence-corrected chi connectivity index (χ0v) is 11.4. The molecule has 3 rings (SSSR count). The molecule has 1 aromatic heterocycles. The van der Waals surface area contributed by atoms with Crippen LogP contribution in [-0.4, -0.2) is 18.1 Å². The van der Waals surface area contributed by atoms with Gasteiger partial charge in [-0.1, -0.05) is 48.0 Å². The lowest BCUT2D eigenvalue weighted by Gasteiger charge is -2.04. The Morgan fingerprint density at radius 1 is 1.05 bits per heavy atom. The molecule has 0 atom stereocenters. The molecule has 0 spiro atoms. The molecule has 20 heavy (non-hydrogen) atoms. The van der Waals surface area contributed by atoms with E-state index in [1.807, 2.05) is 55.5 Å². The molecule has 2 aromatic carbocycles. The number of carbonyl (C=O) groups is 1. The van der Waals surface area contributed by atoms with Gasteiger partial charge in [-0.25, -0.2) is 4.79 Å². The molecule has 3 aromatic rings. The second-order valence-corrected chi connectivity index (χ2v) is 4.78. The smallest absolute Gasteiger partial charge is 0.355 e. The number of nitrogens with one attached hydrogen (secondary N) is 1. The summed E-state index contributed by atoms with van der Waals surface area (Å²) >= 11 is 0. The van der Waals surface area contributed by atoms with Crippen LogP contribution in [0.25, 0.3) is 22.0 Å². The van der Waals surface area contributed by atoms with Gasteiger partial charge in [0, 0.05) is 16.5 Å². The number of aryl methyl sites for hydroxylation is 1. The predicted molar refractivity (Wildman–Crippen MR) is 79.8 cm³/mol. The zero-order valence-electron chi connectivity index (χ0n) is 11.4. The highest BCUT2D eigenvalue weighted by atomic mass is 16.5. The van der Waals surface area contributed by atoms with Gasteiger partial charge in [0.25, 0.3) is 0 Å². The van der Waals surface area contributed by atoms with Crippen LogP contribution in [-0.2, 0) is 4.74 Å². The summed E-state index contributed by atoms with van der Waals surface area (Å²) in [5.41, 5.74) is 4.52. The molecule has 3 nitrogen and oxygen atoms in total. The molecule has 0 bridgehead atoms. The average molecular weight is 265 g/mol. The van der Waals surface area contributed by atoms with Crippen molar-refractivity contribution in [3.63, 3.8) is 0 Å². The summed E-state index contributed by atoms with van der Waals surface area (Å²) in [4.78, 5) is 15.1. The molecule has 0 amide bonds. The number of rotatable bonds is 2. The number of ether oxygens (including phenoxy) is 1. The van der Waals surface area contributed by atoms with Crippen molar-refractivity contribution in [3.8, 4) is 11.1 Å². The lowest BCUT2D eigenvalue weighted by molar-refractivity contribution is 0.0596. The minimum Gasteiger partial charge on any atom is -0.464 e. The molecule has 0 aliphatic heterocycles. The number of H-pyrrole nitrogens is 1. The monoisotopic (exact) mass is 265 g/mol. The number of methoxy groups -OCH3 is 1. The van der Waals surface area contributed by atoms with Gasteiger partial charge in [-0.15, -0.1) is 0 Å². The maximum Gasteiger partial charge on any atom is 0.355 e. The summed E-state index contributed by atoms with van der Waals surface area (Å²) in [6.45, 7) is 2.04. The number of para-hydroxylation sites is 1. The van der Waals surface area contributed by atoms with Gasteiger partial charge < -0.3 is 9.72 Å². The standard InChI is InChI=1S/C17H15NO2/c1-11-7-9-12(10-8-11)15-13-5-3-4-6-14(13)18-16(15)17(19)20-2/h3-10,18H,1-2H3. The third-order valence-electron chi connectivity index (χ3n) is 3.44. The maximum atomic E-state index is 12.0. The van der Waals surface area contributed by atoms with E-state index in [9.17, 15) is 4.79 Å². The molecular formula is C17H15NO2. The van der Waals surface area contributed by atoms with Gasteiger partial charge in [-0.3, -0.25) is 0 Å². The van der Waals surface area contributed by atoms with Crippen molar-refractivity contribution in [3.05, 3.63) is 59.8 Å². The number of aromatic amines is 1. The van der Waals surface area contributed by atoms with Crippen LogP contribution in [0.5, 0.6) is 0 Å². The van der Waals surface area contributed by atoms with E-state index in [1.165, 1.54) is 12.7 Å². The Kier molecular flexibility index (Phi) is 3.03. The Labute approximate surface area is 117 Å². The van der Waals surface area contributed by atoms with E-state index >= 15 is 0 Å². The Morgan fingerprint density at radius 2 is 1.75 bits per heavy atom. The van der Waals surface area contributed by atoms with Crippen molar-refractivity contribution in [1.82, 2.24) is 4.98 Å². The summed E-state index contributed by atoms with van der Waals surface area (Å²) in [7, 11) is 1.40. The molecule has 100 valence electrons. The summed E-state index contributed by atoms with van der Waals surface area (Å²) in [6, 6.07) is 16.0. The first kappa shape index (κ1) is 12.5. The molecule has 1 N–H and O–H groups in total. The van der Waals surface area contributed by atoms with Crippen molar-refractivity contribution in [1.29, 1.82) is 0 Å². The van der Waals surface area contributed by atoms with Crippen LogP contribution < -0.4 is 0 Å². The molecule has 0 saturated carbocycles. The molecule has 0 unspecified atom stereocenters. The quantitative estimate of drug-likeness (QED) is 0.713. The Bertz CT molecular complexity index is 769. The lowest BCUT2D eigenvalue weighted by atomic mass is 10.0. The van der Waals surface area contributed by atoms with Crippen molar-refractivity contribution >= 4 is 16.9 Å². The first-order chi connectivity index (χ1) is 9.70. The number of carbonyl (C=O) groups excluding carboxylic acids is 1. The fourth-order valence-electron chi connectivity index (χ4n) is 2.42. The number of hydrogen-bond acceptors (Lipinski definition) is 2. The third kappa shape index (κ3) is 1.97. The molecular weight excluding hydrogens is 250 g/mol. The molecule has 0 aliphatic rings. The fourth-order valence-corrected chi connectivity index (χ4v) is 2.42. The van der Waals surface area contributed by atoms with Crippen LogP contribution >= 0.6 is 0 Å². The van der Waals surface area contributed by atoms with Gasteiger partial charge >= 0.3 is 5.97 Å². The minimum atomic E-state index is -0.350. The van der Waals surface area contributed by atoms with Gasteiger partial charge in [-0.05, 0) is 18.6 Å². The van der Waals surface area contributed by atoms with E-state index in [0.717, 1.165) is 22.0 Å². The number of esters is 1. The number of hydrogen-bond donors (Lipinski definition) is 1. The lowest BCUT2D eigenvalue weighted by Crippen LogP contribution is -2.03. The molecule has 0 fully saturated rings. The van der Waals surface area contributed by atoms with Crippen LogP contribution in [0.3, 0.4) is 0 Å². The summed E-state index contributed by atoms with van der Waals surface area (Å²) in [5, 5.41) is 1.02. The number of benzene rings is 2. The maximum absolute atomic E-state index is 12.0. The largest absolute Gasteiger partial charge is 0.464 e. The first-order valence-corrected chi connectivity index (χ1v) is 6.47. The van der Waals surface area contributed by atoms with Gasteiger partial charge in [0.15, 0.2) is 0 Å². The highest BCUT2D eigenvalue weighted by molar-refractivity contribution is 6.07. The van der Waals surface area contributed by atoms with Crippen molar-refractivity contribution in [2.24, 2.45) is 0 Å². The Morgan fingerprint density at radius 3 is 2.45 bits per heavy atom. The molecule has 1 heterocycles. The Hall–Kier alpha value is -2.55. The van der Waals surface area contributed by atoms with Crippen LogP contribution in [0.2, 0.25) is 0 Å². The molecule has 0 radical (unpaired) electrons. The SMILES string of the molecule is COC(=O)c1[nH]c2ccccc2c1-c1ccc(C)cc1. The highest BCUT2D eigenvalue weighted by Gasteiger charge is 2.19. The van der Waals surface area contributed by atoms with Crippen LogP contribution in [0.4, 0.5) is 0 Å². The highest BCUT2D eigenvalue weighted by Crippen LogP contribution is 2.32. The summed E-state index contributed by atoms with van der Waals surface area (Å²) in [5.74, 6) is -0.350. The topological polar surface area (TPSA) is 42.1 Å². The average Bonchev–Trinajstić information content (AvgIpc) is 2.87. The van der Waals surface area contributed by atoms with E-state index in [0.29, 0.717) is 5.69 Å². The van der Waals surface area contributed by atoms with Crippen LogP contribution in [0.1, 0.15) is 16.1 Å². The number of fused-ring (bicyclic) bond motifs is 1. The fraction of sp³-hybridized carbons (Fsp3) is 0.118. The van der Waals surface area contributed by atoms with Crippen molar-refractivity contribution < 1.29 is 9.53 Å².